The third kappa shape index (κ3) is 4.39. The minimum atomic E-state index is -3.36. The van der Waals surface area contributed by atoms with Crippen LogP contribution in [0.1, 0.15) is 19.3 Å². The van der Waals surface area contributed by atoms with Gasteiger partial charge in [0.1, 0.15) is 0 Å². The highest BCUT2D eigenvalue weighted by Crippen LogP contribution is 2.19. The number of sulfonamides is 1. The Labute approximate surface area is 108 Å². The Bertz CT molecular complexity index is 446. The number of sulfone groups is 1. The van der Waals surface area contributed by atoms with Gasteiger partial charge in [0.15, 0.2) is 9.84 Å². The Morgan fingerprint density at radius 1 is 1.35 bits per heavy atom. The van der Waals surface area contributed by atoms with E-state index in [0.717, 1.165) is 0 Å². The maximum absolute atomic E-state index is 11.9. The van der Waals surface area contributed by atoms with Gasteiger partial charge in [0.25, 0.3) is 0 Å². The van der Waals surface area contributed by atoms with Gasteiger partial charge in [0.05, 0.1) is 17.3 Å². The Morgan fingerprint density at radius 2 is 2.00 bits per heavy atom. The van der Waals surface area contributed by atoms with Gasteiger partial charge in [-0.15, -0.1) is 11.6 Å². The molecule has 0 aliphatic carbocycles. The molecule has 1 aliphatic rings. The molecular formula is C9H18ClNO4S2. The van der Waals surface area contributed by atoms with Crippen LogP contribution in [0.25, 0.3) is 0 Å². The highest BCUT2D eigenvalue weighted by atomic mass is 35.5. The highest BCUT2D eigenvalue weighted by molar-refractivity contribution is 7.92. The van der Waals surface area contributed by atoms with Crippen LogP contribution in [0.15, 0.2) is 0 Å². The molecule has 1 saturated heterocycles. The predicted octanol–water partition coefficient (Wildman–Crippen LogP) is 0.454. The van der Waals surface area contributed by atoms with Gasteiger partial charge in [0.2, 0.25) is 10.0 Å². The van der Waals surface area contributed by atoms with Crippen molar-refractivity contribution < 1.29 is 16.8 Å². The van der Waals surface area contributed by atoms with Gasteiger partial charge in [-0.1, -0.05) is 0 Å². The zero-order chi connectivity index (χ0) is 13.1. The number of rotatable bonds is 6. The Morgan fingerprint density at radius 3 is 2.47 bits per heavy atom. The van der Waals surface area contributed by atoms with Crippen LogP contribution in [0.5, 0.6) is 0 Å². The summed E-state index contributed by atoms with van der Waals surface area (Å²) < 4.78 is 47.6. The van der Waals surface area contributed by atoms with Crippen molar-refractivity contribution in [2.45, 2.75) is 25.3 Å². The fraction of sp³-hybridized carbons (Fsp3) is 1.00. The second-order valence-electron chi connectivity index (χ2n) is 4.29. The van der Waals surface area contributed by atoms with Gasteiger partial charge < -0.3 is 0 Å². The fourth-order valence-electron chi connectivity index (χ4n) is 1.81. The van der Waals surface area contributed by atoms with E-state index in [1.54, 1.807) is 0 Å². The normalized spacial score (nSPS) is 24.3. The molecule has 17 heavy (non-hydrogen) atoms. The summed E-state index contributed by atoms with van der Waals surface area (Å²) in [6.45, 7) is 0. The molecule has 1 aliphatic heterocycles. The highest BCUT2D eigenvalue weighted by Gasteiger charge is 2.35. The van der Waals surface area contributed by atoms with Gasteiger partial charge in [-0.05, 0) is 19.3 Å². The summed E-state index contributed by atoms with van der Waals surface area (Å²) in [4.78, 5) is 0. The molecule has 0 radical (unpaired) electrons. The molecule has 1 rings (SSSR count). The molecule has 0 spiro atoms. The van der Waals surface area contributed by atoms with E-state index < -0.39 is 25.9 Å². The van der Waals surface area contributed by atoms with Crippen molar-refractivity contribution in [1.82, 2.24) is 4.31 Å². The molecule has 1 fully saturated rings. The molecule has 102 valence electrons. The van der Waals surface area contributed by atoms with E-state index in [2.05, 4.69) is 0 Å². The summed E-state index contributed by atoms with van der Waals surface area (Å²) in [6, 6.07) is -0.402. The molecule has 1 unspecified atom stereocenters. The van der Waals surface area contributed by atoms with Gasteiger partial charge in [-0.25, -0.2) is 21.1 Å². The van der Waals surface area contributed by atoms with Crippen molar-refractivity contribution in [2.75, 3.05) is 30.2 Å². The minimum absolute atomic E-state index is 0.0345. The summed E-state index contributed by atoms with van der Waals surface area (Å²) in [5.41, 5.74) is 0. The lowest BCUT2D eigenvalue weighted by Gasteiger charge is -2.22. The second kappa shape index (κ2) is 5.86. The Kier molecular flexibility index (Phi) is 5.24. The zero-order valence-electron chi connectivity index (χ0n) is 9.80. The van der Waals surface area contributed by atoms with Crippen molar-refractivity contribution in [3.05, 3.63) is 0 Å². The lowest BCUT2D eigenvalue weighted by Crippen LogP contribution is -2.39. The number of nitrogens with zero attached hydrogens (tertiary/aromatic N) is 1. The Hall–Kier alpha value is 0.150. The maximum Gasteiger partial charge on any atom is 0.214 e. The fourth-order valence-corrected chi connectivity index (χ4v) is 5.36. The molecule has 1 atom stereocenters. The number of alkyl halides is 1. The lowest BCUT2D eigenvalue weighted by molar-refractivity contribution is 0.393. The van der Waals surface area contributed by atoms with E-state index in [1.165, 1.54) is 11.4 Å². The topological polar surface area (TPSA) is 71.5 Å². The molecule has 0 amide bonds. The van der Waals surface area contributed by atoms with Crippen LogP contribution in [-0.2, 0) is 19.9 Å². The predicted molar refractivity (Wildman–Crippen MR) is 68.6 cm³/mol. The van der Waals surface area contributed by atoms with E-state index in [1.807, 2.05) is 0 Å². The van der Waals surface area contributed by atoms with Crippen LogP contribution in [0, 0.1) is 0 Å². The number of hydrogen-bond donors (Lipinski definition) is 0. The lowest BCUT2D eigenvalue weighted by atomic mass is 10.3. The molecule has 1 heterocycles. The summed E-state index contributed by atoms with van der Waals surface area (Å²) in [5, 5.41) is 0. The molecule has 0 bridgehead atoms. The molecular weight excluding hydrogens is 286 g/mol. The van der Waals surface area contributed by atoms with Gasteiger partial charge in [-0.2, -0.15) is 0 Å². The van der Waals surface area contributed by atoms with E-state index >= 15 is 0 Å². The van der Waals surface area contributed by atoms with E-state index in [-0.39, 0.29) is 17.3 Å². The number of hydrogen-bond acceptors (Lipinski definition) is 4. The van der Waals surface area contributed by atoms with Crippen molar-refractivity contribution >= 4 is 31.5 Å². The first kappa shape index (κ1) is 15.2. The van der Waals surface area contributed by atoms with Crippen LogP contribution in [0.3, 0.4) is 0 Å². The zero-order valence-corrected chi connectivity index (χ0v) is 12.2. The molecule has 8 heteroatoms. The summed E-state index contributed by atoms with van der Waals surface area (Å²) in [7, 11) is -4.95. The number of unbranched alkanes of at least 4 members (excludes halogenated alkanes) is 1. The largest absolute Gasteiger partial charge is 0.229 e. The monoisotopic (exact) mass is 303 g/mol. The summed E-state index contributed by atoms with van der Waals surface area (Å²) in [5.74, 6) is 0.501. The first-order valence-electron chi connectivity index (χ1n) is 5.50. The van der Waals surface area contributed by atoms with Crippen LogP contribution in [0.2, 0.25) is 0 Å². The minimum Gasteiger partial charge on any atom is -0.229 e. The molecule has 0 aromatic rings. The standard InChI is InChI=1S/C9H18ClNO4S2/c1-11(9-4-7-16(12,13)8-9)17(14,15)6-3-2-5-10/h9H,2-8H2,1H3. The average molecular weight is 304 g/mol. The maximum atomic E-state index is 11.9. The Balaban J connectivity index is 2.60. The molecule has 0 aromatic heterocycles. The third-order valence-corrected chi connectivity index (χ3v) is 6.95. The van der Waals surface area contributed by atoms with Crippen molar-refractivity contribution in [2.24, 2.45) is 0 Å². The van der Waals surface area contributed by atoms with Gasteiger partial charge >= 0.3 is 0 Å². The summed E-state index contributed by atoms with van der Waals surface area (Å²) in [6.07, 6.45) is 1.56. The first-order chi connectivity index (χ1) is 7.78. The first-order valence-corrected chi connectivity index (χ1v) is 9.47. The molecule has 0 saturated carbocycles. The van der Waals surface area contributed by atoms with Crippen molar-refractivity contribution in [3.63, 3.8) is 0 Å². The van der Waals surface area contributed by atoms with Gasteiger partial charge in [0, 0.05) is 19.0 Å². The molecule has 5 nitrogen and oxygen atoms in total. The van der Waals surface area contributed by atoms with Crippen LogP contribution >= 0.6 is 11.6 Å². The van der Waals surface area contributed by atoms with Crippen LogP contribution < -0.4 is 0 Å². The quantitative estimate of drug-likeness (QED) is 0.528. The average Bonchev–Trinajstić information content (AvgIpc) is 2.58. The SMILES string of the molecule is CN(C1CCS(=O)(=O)C1)S(=O)(=O)CCCCCl. The van der Waals surface area contributed by atoms with Crippen LogP contribution in [-0.4, -0.2) is 57.4 Å². The van der Waals surface area contributed by atoms with Crippen molar-refractivity contribution in [3.8, 4) is 0 Å². The third-order valence-electron chi connectivity index (χ3n) is 2.95. The second-order valence-corrected chi connectivity index (χ2v) is 9.04. The summed E-state index contributed by atoms with van der Waals surface area (Å²) >= 11 is 5.49. The van der Waals surface area contributed by atoms with Gasteiger partial charge in [-0.3, -0.25) is 0 Å². The van der Waals surface area contributed by atoms with E-state index in [9.17, 15) is 16.8 Å². The molecule has 0 N–H and O–H groups in total. The number of halogens is 1. The van der Waals surface area contributed by atoms with Crippen LogP contribution in [0.4, 0.5) is 0 Å². The van der Waals surface area contributed by atoms with E-state index in [0.29, 0.717) is 25.1 Å². The van der Waals surface area contributed by atoms with Crippen molar-refractivity contribution in [1.29, 1.82) is 0 Å². The molecule has 0 aromatic carbocycles. The smallest absolute Gasteiger partial charge is 0.214 e. The van der Waals surface area contributed by atoms with E-state index in [4.69, 9.17) is 11.6 Å².